The fraction of sp³-hybridized carbons (Fsp3) is 0.429. The van der Waals surface area contributed by atoms with E-state index in [0.29, 0.717) is 5.92 Å². The summed E-state index contributed by atoms with van der Waals surface area (Å²) in [4.78, 5) is 0. The molecular weight excluding hydrogens is 280 g/mol. The zero-order valence-corrected chi connectivity index (χ0v) is 14.0. The molecule has 2 nitrogen and oxygen atoms in total. The minimum absolute atomic E-state index is 0.00368. The molecule has 0 amide bonds. The van der Waals surface area contributed by atoms with Gasteiger partial charge in [-0.25, -0.2) is 0 Å². The summed E-state index contributed by atoms with van der Waals surface area (Å²) in [5.74, 6) is 7.47. The number of hydrogen-bond acceptors (Lipinski definition) is 2. The standard InChI is InChI=1S/C21H28N2/c1-17-12-13-21(23-22,16-19-10-6-3-7-11-19)20(14-17)15-18-8-4-2-5-9-18/h2-11,17,20,23H,12-16,22H2,1H3. The molecule has 2 aromatic rings. The van der Waals surface area contributed by atoms with E-state index < -0.39 is 0 Å². The molecule has 2 heteroatoms. The largest absolute Gasteiger partial charge is 0.271 e. The normalized spacial score (nSPS) is 27.7. The number of hydrazine groups is 1. The predicted octanol–water partition coefficient (Wildman–Crippen LogP) is 4.11. The molecule has 1 fully saturated rings. The van der Waals surface area contributed by atoms with Crippen LogP contribution in [0.5, 0.6) is 0 Å². The summed E-state index contributed by atoms with van der Waals surface area (Å²) < 4.78 is 0. The summed E-state index contributed by atoms with van der Waals surface area (Å²) in [5, 5.41) is 0. The first-order valence-corrected chi connectivity index (χ1v) is 8.77. The summed E-state index contributed by atoms with van der Waals surface area (Å²) in [6, 6.07) is 21.6. The zero-order valence-electron chi connectivity index (χ0n) is 14.0. The van der Waals surface area contributed by atoms with Gasteiger partial charge >= 0.3 is 0 Å². The number of nitrogens with two attached hydrogens (primary N) is 1. The molecule has 0 aliphatic heterocycles. The molecule has 122 valence electrons. The van der Waals surface area contributed by atoms with Crippen LogP contribution in [0.1, 0.15) is 37.3 Å². The van der Waals surface area contributed by atoms with Crippen LogP contribution in [-0.4, -0.2) is 5.54 Å². The van der Waals surface area contributed by atoms with Crippen molar-refractivity contribution < 1.29 is 0 Å². The molecule has 0 spiro atoms. The van der Waals surface area contributed by atoms with Crippen molar-refractivity contribution in [3.63, 3.8) is 0 Å². The Bertz CT molecular complexity index is 596. The Balaban J connectivity index is 1.85. The molecule has 0 saturated heterocycles. The number of benzene rings is 2. The third-order valence-corrected chi connectivity index (χ3v) is 5.53. The first-order chi connectivity index (χ1) is 11.2. The van der Waals surface area contributed by atoms with Crippen molar-refractivity contribution in [2.75, 3.05) is 0 Å². The van der Waals surface area contributed by atoms with Crippen LogP contribution in [-0.2, 0) is 12.8 Å². The highest BCUT2D eigenvalue weighted by Crippen LogP contribution is 2.40. The lowest BCUT2D eigenvalue weighted by Crippen LogP contribution is -2.59. The number of hydrogen-bond donors (Lipinski definition) is 2. The van der Waals surface area contributed by atoms with Crippen LogP contribution in [0.3, 0.4) is 0 Å². The van der Waals surface area contributed by atoms with Gasteiger partial charge in [0, 0.05) is 5.54 Å². The predicted molar refractivity (Wildman–Crippen MR) is 96.9 cm³/mol. The fourth-order valence-electron chi connectivity index (χ4n) is 4.15. The van der Waals surface area contributed by atoms with E-state index in [1.165, 1.54) is 24.0 Å². The van der Waals surface area contributed by atoms with Gasteiger partial charge in [-0.2, -0.15) is 0 Å². The Morgan fingerprint density at radius 3 is 2.22 bits per heavy atom. The molecule has 0 aromatic heterocycles. The van der Waals surface area contributed by atoms with Crippen LogP contribution in [0.2, 0.25) is 0 Å². The van der Waals surface area contributed by atoms with E-state index in [4.69, 9.17) is 5.84 Å². The Morgan fingerprint density at radius 1 is 1.00 bits per heavy atom. The van der Waals surface area contributed by atoms with Crippen molar-refractivity contribution in [3.8, 4) is 0 Å². The van der Waals surface area contributed by atoms with Gasteiger partial charge in [-0.1, -0.05) is 67.6 Å². The van der Waals surface area contributed by atoms with Crippen molar-refractivity contribution >= 4 is 0 Å². The van der Waals surface area contributed by atoms with Crippen LogP contribution in [0.4, 0.5) is 0 Å². The Kier molecular flexibility index (Phi) is 5.14. The Hall–Kier alpha value is -1.64. The average molecular weight is 308 g/mol. The molecule has 0 bridgehead atoms. The van der Waals surface area contributed by atoms with Gasteiger partial charge in [0.15, 0.2) is 0 Å². The number of nitrogens with one attached hydrogen (secondary N) is 1. The van der Waals surface area contributed by atoms with Crippen LogP contribution in [0, 0.1) is 11.8 Å². The van der Waals surface area contributed by atoms with E-state index in [0.717, 1.165) is 25.2 Å². The van der Waals surface area contributed by atoms with E-state index in [9.17, 15) is 0 Å². The summed E-state index contributed by atoms with van der Waals surface area (Å²) in [7, 11) is 0. The van der Waals surface area contributed by atoms with E-state index >= 15 is 0 Å². The third-order valence-electron chi connectivity index (χ3n) is 5.53. The highest BCUT2D eigenvalue weighted by Gasteiger charge is 2.41. The van der Waals surface area contributed by atoms with Gasteiger partial charge < -0.3 is 0 Å². The number of rotatable bonds is 5. The van der Waals surface area contributed by atoms with Crippen molar-refractivity contribution in [2.24, 2.45) is 17.7 Å². The Morgan fingerprint density at radius 2 is 1.61 bits per heavy atom. The van der Waals surface area contributed by atoms with Crippen molar-refractivity contribution in [1.82, 2.24) is 5.43 Å². The third kappa shape index (κ3) is 3.82. The lowest BCUT2D eigenvalue weighted by atomic mass is 9.65. The molecule has 3 atom stereocenters. The smallest absolute Gasteiger partial charge is 0.0393 e. The van der Waals surface area contributed by atoms with E-state index in [2.05, 4.69) is 73.0 Å². The summed E-state index contributed by atoms with van der Waals surface area (Å²) >= 11 is 0. The zero-order chi connectivity index (χ0) is 16.1. The second-order valence-electron chi connectivity index (χ2n) is 7.23. The highest BCUT2D eigenvalue weighted by molar-refractivity contribution is 5.21. The van der Waals surface area contributed by atoms with Crippen molar-refractivity contribution in [1.29, 1.82) is 0 Å². The lowest BCUT2D eigenvalue weighted by molar-refractivity contribution is 0.110. The maximum atomic E-state index is 6.13. The molecule has 0 heterocycles. The van der Waals surface area contributed by atoms with Gasteiger partial charge in [0.25, 0.3) is 0 Å². The molecule has 1 aliphatic carbocycles. The molecular formula is C21H28N2. The van der Waals surface area contributed by atoms with Gasteiger partial charge in [0.05, 0.1) is 0 Å². The van der Waals surface area contributed by atoms with Crippen LogP contribution < -0.4 is 11.3 Å². The van der Waals surface area contributed by atoms with E-state index in [1.807, 2.05) is 0 Å². The maximum absolute atomic E-state index is 6.13. The lowest BCUT2D eigenvalue weighted by Gasteiger charge is -2.46. The molecule has 1 saturated carbocycles. The highest BCUT2D eigenvalue weighted by atomic mass is 15.3. The van der Waals surface area contributed by atoms with Gasteiger partial charge in [-0.15, -0.1) is 0 Å². The van der Waals surface area contributed by atoms with E-state index in [1.54, 1.807) is 0 Å². The fourth-order valence-corrected chi connectivity index (χ4v) is 4.15. The van der Waals surface area contributed by atoms with Crippen LogP contribution in [0.25, 0.3) is 0 Å². The summed E-state index contributed by atoms with van der Waals surface area (Å²) in [6.45, 7) is 2.38. The van der Waals surface area contributed by atoms with E-state index in [-0.39, 0.29) is 5.54 Å². The van der Waals surface area contributed by atoms with Gasteiger partial charge in [0.1, 0.15) is 0 Å². The van der Waals surface area contributed by atoms with Crippen LogP contribution >= 0.6 is 0 Å². The second-order valence-corrected chi connectivity index (χ2v) is 7.23. The molecule has 23 heavy (non-hydrogen) atoms. The van der Waals surface area contributed by atoms with Crippen molar-refractivity contribution in [2.45, 2.75) is 44.6 Å². The van der Waals surface area contributed by atoms with Crippen LogP contribution in [0.15, 0.2) is 60.7 Å². The summed E-state index contributed by atoms with van der Waals surface area (Å²) in [6.07, 6.45) is 5.75. The van der Waals surface area contributed by atoms with Crippen molar-refractivity contribution in [3.05, 3.63) is 71.8 Å². The van der Waals surface area contributed by atoms with Gasteiger partial charge in [0.2, 0.25) is 0 Å². The van der Waals surface area contributed by atoms with Gasteiger partial charge in [-0.05, 0) is 55.1 Å². The first kappa shape index (κ1) is 16.2. The molecule has 3 N–H and O–H groups in total. The average Bonchev–Trinajstić information content (AvgIpc) is 2.59. The molecule has 3 rings (SSSR count). The van der Waals surface area contributed by atoms with Gasteiger partial charge in [-0.3, -0.25) is 11.3 Å². The molecule has 2 aromatic carbocycles. The molecule has 0 radical (unpaired) electrons. The Labute approximate surface area is 140 Å². The second kappa shape index (κ2) is 7.29. The minimum atomic E-state index is 0.00368. The SMILES string of the molecule is CC1CCC(Cc2ccccc2)(NN)C(Cc2ccccc2)C1. The molecule has 3 unspecified atom stereocenters. The summed E-state index contributed by atoms with van der Waals surface area (Å²) in [5.41, 5.74) is 6.05. The monoisotopic (exact) mass is 308 g/mol. The molecule has 1 aliphatic rings. The minimum Gasteiger partial charge on any atom is -0.271 e. The topological polar surface area (TPSA) is 38.0 Å². The quantitative estimate of drug-likeness (QED) is 0.644. The first-order valence-electron chi connectivity index (χ1n) is 8.77. The maximum Gasteiger partial charge on any atom is 0.0393 e.